The summed E-state index contributed by atoms with van der Waals surface area (Å²) in [5.74, 6) is -2.28. The van der Waals surface area contributed by atoms with Crippen molar-refractivity contribution in [1.82, 2.24) is 4.98 Å². The van der Waals surface area contributed by atoms with Crippen LogP contribution >= 0.6 is 11.3 Å². The van der Waals surface area contributed by atoms with Gasteiger partial charge in [-0.2, -0.15) is 0 Å². The Balaban J connectivity index is 1.95. The Kier molecular flexibility index (Phi) is 4.76. The number of benzene rings is 2. The number of carbonyl (C=O) groups excluding carboxylic acids is 2. The van der Waals surface area contributed by atoms with E-state index >= 15 is 0 Å². The molecular formula is C22H17FN2O3S. The van der Waals surface area contributed by atoms with E-state index in [1.807, 2.05) is 13.8 Å². The number of thiazole rings is 1. The highest BCUT2D eigenvalue weighted by Crippen LogP contribution is 2.43. The Bertz CT molecular complexity index is 1120. The van der Waals surface area contributed by atoms with Gasteiger partial charge in [0.1, 0.15) is 11.6 Å². The lowest BCUT2D eigenvalue weighted by Gasteiger charge is -2.23. The Morgan fingerprint density at radius 1 is 1.07 bits per heavy atom. The number of hydrogen-bond donors (Lipinski definition) is 1. The second-order valence-corrected chi connectivity index (χ2v) is 7.91. The van der Waals surface area contributed by atoms with E-state index in [4.69, 9.17) is 0 Å². The van der Waals surface area contributed by atoms with Crippen LogP contribution in [0.25, 0.3) is 5.76 Å². The van der Waals surface area contributed by atoms with E-state index in [9.17, 15) is 19.1 Å². The molecule has 1 N–H and O–H groups in total. The van der Waals surface area contributed by atoms with E-state index in [1.165, 1.54) is 40.5 Å². The van der Waals surface area contributed by atoms with Crippen molar-refractivity contribution in [3.05, 3.63) is 87.7 Å². The number of aliphatic hydroxyl groups excluding tert-OH is 1. The molecule has 0 aliphatic carbocycles. The van der Waals surface area contributed by atoms with E-state index in [-0.39, 0.29) is 11.3 Å². The highest BCUT2D eigenvalue weighted by atomic mass is 32.1. The van der Waals surface area contributed by atoms with Crippen LogP contribution < -0.4 is 4.90 Å². The number of aliphatic hydroxyl groups is 1. The standard InChI is InChI=1S/C22H17FN2O3S/c1-12-13(2)29-22(24-12)25-18(14-8-10-16(23)11-9-14)17(20(27)21(25)28)19(26)15-6-4-3-5-7-15/h3-11,18,26H,1-2H3/b19-17+/t18-/m0/s1. The zero-order chi connectivity index (χ0) is 20.7. The molecule has 1 saturated heterocycles. The lowest BCUT2D eigenvalue weighted by molar-refractivity contribution is -0.132. The average molecular weight is 408 g/mol. The van der Waals surface area contributed by atoms with Crippen molar-refractivity contribution >= 4 is 33.9 Å². The number of rotatable bonds is 3. The number of nitrogens with zero attached hydrogens (tertiary/aromatic N) is 2. The molecule has 146 valence electrons. The van der Waals surface area contributed by atoms with Crippen LogP contribution in [0.2, 0.25) is 0 Å². The third-order valence-electron chi connectivity index (χ3n) is 4.90. The maximum atomic E-state index is 13.5. The van der Waals surface area contributed by atoms with Crippen molar-refractivity contribution in [3.63, 3.8) is 0 Å². The monoisotopic (exact) mass is 408 g/mol. The average Bonchev–Trinajstić information content (AvgIpc) is 3.18. The molecule has 0 bridgehead atoms. The van der Waals surface area contributed by atoms with Gasteiger partial charge in [0.25, 0.3) is 5.78 Å². The topological polar surface area (TPSA) is 70.5 Å². The third kappa shape index (κ3) is 3.23. The Morgan fingerprint density at radius 2 is 1.72 bits per heavy atom. The first kappa shape index (κ1) is 19.0. The molecule has 1 atom stereocenters. The molecule has 1 aromatic heterocycles. The van der Waals surface area contributed by atoms with Crippen LogP contribution in [0, 0.1) is 19.7 Å². The summed E-state index contributed by atoms with van der Waals surface area (Å²) in [7, 11) is 0. The number of halogens is 1. The normalized spacial score (nSPS) is 18.4. The molecule has 1 fully saturated rings. The molecule has 0 spiro atoms. The van der Waals surface area contributed by atoms with Crippen LogP contribution in [0.3, 0.4) is 0 Å². The van der Waals surface area contributed by atoms with Crippen LogP contribution in [0.15, 0.2) is 60.2 Å². The Labute approximate surface area is 170 Å². The van der Waals surface area contributed by atoms with Gasteiger partial charge in [0.2, 0.25) is 0 Å². The largest absolute Gasteiger partial charge is 0.507 e. The first-order valence-corrected chi connectivity index (χ1v) is 9.76. The third-order valence-corrected chi connectivity index (χ3v) is 5.97. The first-order valence-electron chi connectivity index (χ1n) is 8.94. The maximum Gasteiger partial charge on any atom is 0.301 e. The van der Waals surface area contributed by atoms with Gasteiger partial charge < -0.3 is 5.11 Å². The summed E-state index contributed by atoms with van der Waals surface area (Å²) in [6.07, 6.45) is 0. The molecular weight excluding hydrogens is 391 g/mol. The molecule has 1 aliphatic heterocycles. The minimum Gasteiger partial charge on any atom is -0.507 e. The molecule has 0 unspecified atom stereocenters. The lowest BCUT2D eigenvalue weighted by atomic mass is 9.95. The molecule has 2 heterocycles. The van der Waals surface area contributed by atoms with Crippen molar-refractivity contribution in [2.24, 2.45) is 0 Å². The molecule has 29 heavy (non-hydrogen) atoms. The van der Waals surface area contributed by atoms with Gasteiger partial charge in [-0.25, -0.2) is 9.37 Å². The number of hydrogen-bond acceptors (Lipinski definition) is 5. The summed E-state index contributed by atoms with van der Waals surface area (Å²) in [5.41, 5.74) is 1.64. The molecule has 1 amide bonds. The van der Waals surface area contributed by atoms with E-state index in [2.05, 4.69) is 4.98 Å². The molecule has 1 aliphatic rings. The summed E-state index contributed by atoms with van der Waals surface area (Å²) in [6, 6.07) is 13.2. The molecule has 0 radical (unpaired) electrons. The van der Waals surface area contributed by atoms with Crippen LogP contribution in [-0.2, 0) is 9.59 Å². The van der Waals surface area contributed by atoms with Crippen LogP contribution in [-0.4, -0.2) is 21.8 Å². The van der Waals surface area contributed by atoms with Crippen molar-refractivity contribution < 1.29 is 19.1 Å². The number of anilines is 1. The molecule has 7 heteroatoms. The van der Waals surface area contributed by atoms with E-state index < -0.39 is 23.5 Å². The number of Topliss-reactive ketones (excluding diaryl/α,β-unsaturated/α-hetero) is 1. The summed E-state index contributed by atoms with van der Waals surface area (Å²) in [6.45, 7) is 3.70. The molecule has 5 nitrogen and oxygen atoms in total. The summed E-state index contributed by atoms with van der Waals surface area (Å²) in [4.78, 5) is 32.5. The number of ketones is 1. The second-order valence-electron chi connectivity index (χ2n) is 6.72. The highest BCUT2D eigenvalue weighted by Gasteiger charge is 2.48. The summed E-state index contributed by atoms with van der Waals surface area (Å²) >= 11 is 1.29. The van der Waals surface area contributed by atoms with Crippen molar-refractivity contribution in [2.45, 2.75) is 19.9 Å². The zero-order valence-electron chi connectivity index (χ0n) is 15.7. The van der Waals surface area contributed by atoms with Gasteiger partial charge in [-0.15, -0.1) is 11.3 Å². The predicted octanol–water partition coefficient (Wildman–Crippen LogP) is 4.53. The lowest BCUT2D eigenvalue weighted by Crippen LogP contribution is -2.29. The molecule has 4 rings (SSSR count). The van der Waals surface area contributed by atoms with Crippen molar-refractivity contribution in [1.29, 1.82) is 0 Å². The van der Waals surface area contributed by atoms with Gasteiger partial charge in [0, 0.05) is 10.4 Å². The second kappa shape index (κ2) is 7.25. The van der Waals surface area contributed by atoms with E-state index in [0.717, 1.165) is 10.6 Å². The van der Waals surface area contributed by atoms with Crippen molar-refractivity contribution in [3.8, 4) is 0 Å². The highest BCUT2D eigenvalue weighted by molar-refractivity contribution is 7.16. The SMILES string of the molecule is Cc1nc(N2C(=O)C(=O)/C(=C(/O)c3ccccc3)[C@@H]2c2ccc(F)cc2)sc1C. The van der Waals surface area contributed by atoms with Gasteiger partial charge >= 0.3 is 5.91 Å². The van der Waals surface area contributed by atoms with Gasteiger partial charge in [0.05, 0.1) is 17.3 Å². The van der Waals surface area contributed by atoms with Gasteiger partial charge in [-0.3, -0.25) is 14.5 Å². The quantitative estimate of drug-likeness (QED) is 0.393. The fourth-order valence-electron chi connectivity index (χ4n) is 3.30. The fraction of sp³-hybridized carbons (Fsp3) is 0.136. The van der Waals surface area contributed by atoms with Gasteiger partial charge in [-0.1, -0.05) is 42.5 Å². The minimum atomic E-state index is -0.902. The first-order chi connectivity index (χ1) is 13.9. The number of amides is 1. The maximum absolute atomic E-state index is 13.5. The Morgan fingerprint density at radius 3 is 2.31 bits per heavy atom. The van der Waals surface area contributed by atoms with E-state index in [1.54, 1.807) is 30.3 Å². The number of aryl methyl sites for hydroxylation is 2. The summed E-state index contributed by atoms with van der Waals surface area (Å²) in [5, 5.41) is 11.3. The van der Waals surface area contributed by atoms with Crippen LogP contribution in [0.5, 0.6) is 0 Å². The molecule has 0 saturated carbocycles. The number of carbonyl (C=O) groups is 2. The minimum absolute atomic E-state index is 0.0432. The predicted molar refractivity (Wildman–Crippen MR) is 109 cm³/mol. The fourth-order valence-corrected chi connectivity index (χ4v) is 4.24. The van der Waals surface area contributed by atoms with Crippen LogP contribution in [0.1, 0.15) is 27.7 Å². The smallest absolute Gasteiger partial charge is 0.301 e. The zero-order valence-corrected chi connectivity index (χ0v) is 16.5. The van der Waals surface area contributed by atoms with Crippen LogP contribution in [0.4, 0.5) is 9.52 Å². The van der Waals surface area contributed by atoms with E-state index in [0.29, 0.717) is 16.3 Å². The van der Waals surface area contributed by atoms with Gasteiger partial charge in [0.15, 0.2) is 5.13 Å². The summed E-state index contributed by atoms with van der Waals surface area (Å²) < 4.78 is 13.5. The number of aromatic nitrogens is 1. The molecule has 3 aromatic rings. The van der Waals surface area contributed by atoms with Crippen molar-refractivity contribution in [2.75, 3.05) is 4.90 Å². The Hall–Kier alpha value is -3.32. The van der Waals surface area contributed by atoms with Gasteiger partial charge in [-0.05, 0) is 31.5 Å². The molecule has 2 aromatic carbocycles.